The zero-order valence-corrected chi connectivity index (χ0v) is 11.0. The second kappa shape index (κ2) is 5.67. The predicted molar refractivity (Wildman–Crippen MR) is 69.3 cm³/mol. The maximum atomic E-state index is 13.6. The Kier molecular flexibility index (Phi) is 4.19. The predicted octanol–water partition coefficient (Wildman–Crippen LogP) is 2.16. The van der Waals surface area contributed by atoms with Gasteiger partial charge in [0.25, 0.3) is 5.91 Å². The lowest BCUT2D eigenvalue weighted by Gasteiger charge is -2.17. The smallest absolute Gasteiger partial charge is 0.256 e. The van der Waals surface area contributed by atoms with Crippen molar-refractivity contribution in [2.75, 3.05) is 26.7 Å². The van der Waals surface area contributed by atoms with Gasteiger partial charge in [-0.2, -0.15) is 0 Å². The van der Waals surface area contributed by atoms with Gasteiger partial charge < -0.3 is 10.2 Å². The van der Waals surface area contributed by atoms with Gasteiger partial charge in [-0.3, -0.25) is 4.79 Å². The lowest BCUT2D eigenvalue weighted by molar-refractivity contribution is 0.0782. The highest BCUT2D eigenvalue weighted by Crippen LogP contribution is 2.21. The molecule has 2 rings (SSSR count). The highest BCUT2D eigenvalue weighted by Gasteiger charge is 2.27. The fourth-order valence-electron chi connectivity index (χ4n) is 2.30. The standard InChI is InChI=1S/C13H16ClFN2O/c1-16-7-9-4-5-17(8-9)13(18)11-6-10(14)2-3-12(11)15/h2-3,6,9,16H,4-5,7-8H2,1H3/t9-/m0/s1. The van der Waals surface area contributed by atoms with Crippen molar-refractivity contribution in [1.82, 2.24) is 10.2 Å². The first-order valence-electron chi connectivity index (χ1n) is 6.00. The minimum absolute atomic E-state index is 0.0626. The largest absolute Gasteiger partial charge is 0.338 e. The van der Waals surface area contributed by atoms with Crippen LogP contribution in [-0.4, -0.2) is 37.5 Å². The van der Waals surface area contributed by atoms with Crippen LogP contribution in [-0.2, 0) is 0 Å². The van der Waals surface area contributed by atoms with E-state index in [2.05, 4.69) is 5.32 Å². The number of nitrogens with zero attached hydrogens (tertiary/aromatic N) is 1. The fourth-order valence-corrected chi connectivity index (χ4v) is 2.48. The molecule has 0 saturated carbocycles. The van der Waals surface area contributed by atoms with Crippen molar-refractivity contribution in [3.05, 3.63) is 34.6 Å². The molecule has 0 unspecified atom stereocenters. The van der Waals surface area contributed by atoms with E-state index in [9.17, 15) is 9.18 Å². The van der Waals surface area contributed by atoms with Crippen molar-refractivity contribution < 1.29 is 9.18 Å². The third-order valence-corrected chi connectivity index (χ3v) is 3.46. The molecule has 0 aromatic heterocycles. The summed E-state index contributed by atoms with van der Waals surface area (Å²) in [5.74, 6) is -0.337. The molecular formula is C13H16ClFN2O. The number of nitrogens with one attached hydrogen (secondary N) is 1. The highest BCUT2D eigenvalue weighted by atomic mass is 35.5. The maximum absolute atomic E-state index is 13.6. The van der Waals surface area contributed by atoms with Crippen LogP contribution in [0, 0.1) is 11.7 Å². The summed E-state index contributed by atoms with van der Waals surface area (Å²) >= 11 is 5.80. The molecule has 1 aromatic rings. The van der Waals surface area contributed by atoms with Gasteiger partial charge in [0.05, 0.1) is 5.56 Å². The quantitative estimate of drug-likeness (QED) is 0.913. The van der Waals surface area contributed by atoms with E-state index in [1.807, 2.05) is 7.05 Å². The van der Waals surface area contributed by atoms with E-state index in [1.54, 1.807) is 4.90 Å². The number of likely N-dealkylation sites (tertiary alicyclic amines) is 1. The molecule has 1 aromatic carbocycles. The molecule has 98 valence electrons. The third-order valence-electron chi connectivity index (χ3n) is 3.22. The van der Waals surface area contributed by atoms with Crippen LogP contribution in [0.1, 0.15) is 16.8 Å². The Labute approximate surface area is 111 Å². The average molecular weight is 271 g/mol. The van der Waals surface area contributed by atoms with Gasteiger partial charge in [0.1, 0.15) is 5.82 Å². The molecule has 1 atom stereocenters. The molecule has 18 heavy (non-hydrogen) atoms. The molecule has 1 aliphatic heterocycles. The molecule has 0 spiro atoms. The number of halogens is 2. The summed E-state index contributed by atoms with van der Waals surface area (Å²) in [5.41, 5.74) is 0.0626. The van der Waals surface area contributed by atoms with Crippen molar-refractivity contribution in [1.29, 1.82) is 0 Å². The van der Waals surface area contributed by atoms with E-state index >= 15 is 0 Å². The van der Waals surface area contributed by atoms with Crippen molar-refractivity contribution in [3.8, 4) is 0 Å². The van der Waals surface area contributed by atoms with Crippen LogP contribution < -0.4 is 5.32 Å². The summed E-state index contributed by atoms with van der Waals surface area (Å²) in [6, 6.07) is 4.07. The Morgan fingerprint density at radius 2 is 2.39 bits per heavy atom. The van der Waals surface area contributed by atoms with Crippen molar-refractivity contribution in [2.45, 2.75) is 6.42 Å². The Bertz CT molecular complexity index is 453. The zero-order valence-electron chi connectivity index (χ0n) is 10.2. The lowest BCUT2D eigenvalue weighted by Crippen LogP contribution is -2.30. The molecule has 1 N–H and O–H groups in total. The highest BCUT2D eigenvalue weighted by molar-refractivity contribution is 6.31. The molecular weight excluding hydrogens is 255 g/mol. The molecule has 1 heterocycles. The van der Waals surface area contributed by atoms with Gasteiger partial charge in [-0.25, -0.2) is 4.39 Å². The van der Waals surface area contributed by atoms with Crippen LogP contribution in [0.3, 0.4) is 0 Å². The maximum Gasteiger partial charge on any atom is 0.256 e. The van der Waals surface area contributed by atoms with Crippen LogP contribution in [0.2, 0.25) is 5.02 Å². The van der Waals surface area contributed by atoms with Crippen LogP contribution >= 0.6 is 11.6 Å². The summed E-state index contributed by atoms with van der Waals surface area (Å²) in [7, 11) is 1.89. The first-order chi connectivity index (χ1) is 8.61. The van der Waals surface area contributed by atoms with Crippen LogP contribution in [0.4, 0.5) is 4.39 Å². The second-order valence-corrected chi connectivity index (χ2v) is 5.02. The SMILES string of the molecule is CNC[C@@H]1CCN(C(=O)c2cc(Cl)ccc2F)C1. The first-order valence-corrected chi connectivity index (χ1v) is 6.38. The van der Waals surface area contributed by atoms with Gasteiger partial charge in [0.15, 0.2) is 0 Å². The van der Waals surface area contributed by atoms with Crippen molar-refractivity contribution in [3.63, 3.8) is 0 Å². The lowest BCUT2D eigenvalue weighted by atomic mass is 10.1. The summed E-state index contributed by atoms with van der Waals surface area (Å²) in [6.45, 7) is 2.23. The Morgan fingerprint density at radius 3 is 3.11 bits per heavy atom. The molecule has 1 fully saturated rings. The Balaban J connectivity index is 2.10. The molecule has 0 aliphatic carbocycles. The molecule has 1 amide bonds. The first kappa shape index (κ1) is 13.3. The van der Waals surface area contributed by atoms with Crippen LogP contribution in [0.15, 0.2) is 18.2 Å². The van der Waals surface area contributed by atoms with E-state index in [-0.39, 0.29) is 11.5 Å². The summed E-state index contributed by atoms with van der Waals surface area (Å²) in [6.07, 6.45) is 0.953. The minimum Gasteiger partial charge on any atom is -0.338 e. The molecule has 0 radical (unpaired) electrons. The molecule has 1 saturated heterocycles. The van der Waals surface area contributed by atoms with Crippen LogP contribution in [0.25, 0.3) is 0 Å². The minimum atomic E-state index is -0.513. The van der Waals surface area contributed by atoms with E-state index < -0.39 is 5.82 Å². The zero-order chi connectivity index (χ0) is 13.1. The number of hydrogen-bond donors (Lipinski definition) is 1. The Hall–Kier alpha value is -1.13. The topological polar surface area (TPSA) is 32.3 Å². The van der Waals surface area contributed by atoms with Crippen molar-refractivity contribution in [2.24, 2.45) is 5.92 Å². The normalized spacial score (nSPS) is 19.3. The van der Waals surface area contributed by atoms with Gasteiger partial charge in [0.2, 0.25) is 0 Å². The van der Waals surface area contributed by atoms with E-state index in [4.69, 9.17) is 11.6 Å². The van der Waals surface area contributed by atoms with Gasteiger partial charge in [0, 0.05) is 18.1 Å². The monoisotopic (exact) mass is 270 g/mol. The molecule has 5 heteroatoms. The third kappa shape index (κ3) is 2.82. The van der Waals surface area contributed by atoms with Gasteiger partial charge in [-0.1, -0.05) is 11.6 Å². The number of hydrogen-bond acceptors (Lipinski definition) is 2. The molecule has 3 nitrogen and oxygen atoms in total. The summed E-state index contributed by atoms with van der Waals surface area (Å²) in [5, 5.41) is 3.48. The van der Waals surface area contributed by atoms with Gasteiger partial charge in [-0.05, 0) is 44.1 Å². The van der Waals surface area contributed by atoms with E-state index in [0.29, 0.717) is 24.0 Å². The summed E-state index contributed by atoms with van der Waals surface area (Å²) in [4.78, 5) is 13.9. The Morgan fingerprint density at radius 1 is 1.61 bits per heavy atom. The number of rotatable bonds is 3. The molecule has 1 aliphatic rings. The van der Waals surface area contributed by atoms with Crippen LogP contribution in [0.5, 0.6) is 0 Å². The summed E-state index contributed by atoms with van der Waals surface area (Å²) < 4.78 is 13.6. The second-order valence-electron chi connectivity index (χ2n) is 4.59. The number of amides is 1. The fraction of sp³-hybridized carbons (Fsp3) is 0.462. The van der Waals surface area contributed by atoms with Gasteiger partial charge in [-0.15, -0.1) is 0 Å². The van der Waals surface area contributed by atoms with Crippen molar-refractivity contribution >= 4 is 17.5 Å². The molecule has 0 bridgehead atoms. The number of benzene rings is 1. The average Bonchev–Trinajstić information content (AvgIpc) is 2.80. The number of carbonyl (C=O) groups excluding carboxylic acids is 1. The number of carbonyl (C=O) groups is 1. The van der Waals surface area contributed by atoms with E-state index in [1.165, 1.54) is 18.2 Å². The van der Waals surface area contributed by atoms with Gasteiger partial charge >= 0.3 is 0 Å². The van der Waals surface area contributed by atoms with E-state index in [0.717, 1.165) is 13.0 Å².